The van der Waals surface area contributed by atoms with E-state index in [0.29, 0.717) is 0 Å². The summed E-state index contributed by atoms with van der Waals surface area (Å²) in [5.74, 6) is 0.231. The molecular weight excluding hydrogens is 301 g/mol. The van der Waals surface area contributed by atoms with Crippen LogP contribution < -0.4 is 10.2 Å². The van der Waals surface area contributed by atoms with Crippen molar-refractivity contribution in [2.45, 2.75) is 31.7 Å². The Bertz CT molecular complexity index is 712. The van der Waals surface area contributed by atoms with Crippen LogP contribution in [-0.2, 0) is 4.79 Å². The van der Waals surface area contributed by atoms with Crippen LogP contribution in [-0.4, -0.2) is 30.0 Å². The highest BCUT2D eigenvalue weighted by atomic mass is 32.1. The maximum absolute atomic E-state index is 13.3. The lowest BCUT2D eigenvalue weighted by atomic mass is 10.1. The molecule has 1 aromatic carbocycles. The number of amides is 1. The molecule has 1 atom stereocenters. The Kier molecular flexibility index (Phi) is 3.48. The zero-order valence-corrected chi connectivity index (χ0v) is 13.0. The van der Waals surface area contributed by atoms with Crippen LogP contribution in [0.3, 0.4) is 0 Å². The van der Waals surface area contributed by atoms with Crippen molar-refractivity contribution in [3.05, 3.63) is 24.0 Å². The smallest absolute Gasteiger partial charge is 0.223 e. The SMILES string of the molecule is O=C(NC1CCCN(c2nc3ccc(F)cc3s2)C1)C1CC1. The lowest BCUT2D eigenvalue weighted by Gasteiger charge is -2.33. The number of halogens is 1. The minimum absolute atomic E-state index is 0.200. The number of benzene rings is 1. The Balaban J connectivity index is 1.49. The number of nitrogens with one attached hydrogen (secondary N) is 1. The number of aromatic nitrogens is 1. The maximum Gasteiger partial charge on any atom is 0.223 e. The summed E-state index contributed by atoms with van der Waals surface area (Å²) in [5, 5.41) is 4.08. The first-order valence-corrected chi connectivity index (χ1v) is 8.62. The van der Waals surface area contributed by atoms with E-state index in [2.05, 4.69) is 15.2 Å². The number of hydrogen-bond acceptors (Lipinski definition) is 4. The van der Waals surface area contributed by atoms with E-state index >= 15 is 0 Å². The highest BCUT2D eigenvalue weighted by molar-refractivity contribution is 7.22. The molecule has 1 N–H and O–H groups in total. The van der Waals surface area contributed by atoms with E-state index in [4.69, 9.17) is 0 Å². The monoisotopic (exact) mass is 319 g/mol. The molecular formula is C16H18FN3OS. The lowest BCUT2D eigenvalue weighted by molar-refractivity contribution is -0.123. The van der Waals surface area contributed by atoms with Crippen molar-refractivity contribution in [3.63, 3.8) is 0 Å². The molecule has 0 radical (unpaired) electrons. The number of piperidine rings is 1. The molecule has 1 saturated carbocycles. The molecule has 2 aliphatic rings. The fourth-order valence-electron chi connectivity index (χ4n) is 2.95. The number of fused-ring (bicyclic) bond motifs is 1. The van der Waals surface area contributed by atoms with Gasteiger partial charge in [0.15, 0.2) is 5.13 Å². The number of carbonyl (C=O) groups excluding carboxylic acids is 1. The topological polar surface area (TPSA) is 45.2 Å². The molecule has 116 valence electrons. The van der Waals surface area contributed by atoms with Gasteiger partial charge in [-0.15, -0.1) is 0 Å². The van der Waals surface area contributed by atoms with Gasteiger partial charge < -0.3 is 10.2 Å². The van der Waals surface area contributed by atoms with Crippen molar-refractivity contribution in [2.24, 2.45) is 5.92 Å². The summed E-state index contributed by atoms with van der Waals surface area (Å²) in [6.07, 6.45) is 4.13. The second kappa shape index (κ2) is 5.50. The third-order valence-electron chi connectivity index (χ3n) is 4.33. The third-order valence-corrected chi connectivity index (χ3v) is 5.40. The quantitative estimate of drug-likeness (QED) is 0.946. The normalized spacial score (nSPS) is 22.0. The van der Waals surface area contributed by atoms with Crippen LogP contribution in [0.25, 0.3) is 10.2 Å². The Morgan fingerprint density at radius 2 is 2.23 bits per heavy atom. The molecule has 0 spiro atoms. The van der Waals surface area contributed by atoms with Gasteiger partial charge in [-0.3, -0.25) is 4.79 Å². The number of carbonyl (C=O) groups is 1. The first-order valence-electron chi connectivity index (χ1n) is 7.80. The predicted octanol–water partition coefficient (Wildman–Crippen LogP) is 2.93. The summed E-state index contributed by atoms with van der Waals surface area (Å²) in [6.45, 7) is 1.73. The zero-order valence-electron chi connectivity index (χ0n) is 12.2. The molecule has 6 heteroatoms. The van der Waals surface area contributed by atoms with Crippen LogP contribution in [0.1, 0.15) is 25.7 Å². The molecule has 1 amide bonds. The summed E-state index contributed by atoms with van der Waals surface area (Å²) in [7, 11) is 0. The largest absolute Gasteiger partial charge is 0.351 e. The predicted molar refractivity (Wildman–Crippen MR) is 85.7 cm³/mol. The molecule has 1 aliphatic heterocycles. The van der Waals surface area contributed by atoms with Gasteiger partial charge in [-0.05, 0) is 43.9 Å². The Hall–Kier alpha value is -1.69. The molecule has 2 heterocycles. The van der Waals surface area contributed by atoms with Crippen LogP contribution in [0.15, 0.2) is 18.2 Å². The van der Waals surface area contributed by atoms with E-state index in [0.717, 1.165) is 54.1 Å². The Morgan fingerprint density at radius 3 is 3.05 bits per heavy atom. The van der Waals surface area contributed by atoms with E-state index in [9.17, 15) is 9.18 Å². The van der Waals surface area contributed by atoms with Crippen molar-refractivity contribution in [2.75, 3.05) is 18.0 Å². The van der Waals surface area contributed by atoms with Gasteiger partial charge in [-0.1, -0.05) is 11.3 Å². The van der Waals surface area contributed by atoms with Crippen molar-refractivity contribution in [3.8, 4) is 0 Å². The molecule has 2 fully saturated rings. The molecule has 4 nitrogen and oxygen atoms in total. The highest BCUT2D eigenvalue weighted by Gasteiger charge is 2.32. The number of anilines is 1. The van der Waals surface area contributed by atoms with Gasteiger partial charge in [0.2, 0.25) is 5.91 Å². The fourth-order valence-corrected chi connectivity index (χ4v) is 3.98. The van der Waals surface area contributed by atoms with Gasteiger partial charge in [0, 0.05) is 25.0 Å². The van der Waals surface area contributed by atoms with Crippen molar-refractivity contribution in [1.29, 1.82) is 0 Å². The van der Waals surface area contributed by atoms with Crippen LogP contribution in [0, 0.1) is 11.7 Å². The molecule has 1 saturated heterocycles. The second-order valence-electron chi connectivity index (χ2n) is 6.18. The molecule has 22 heavy (non-hydrogen) atoms. The Labute approximate surface area is 132 Å². The average Bonchev–Trinajstić information content (AvgIpc) is 3.27. The van der Waals surface area contributed by atoms with Crippen molar-refractivity contribution >= 4 is 32.6 Å². The summed E-state index contributed by atoms with van der Waals surface area (Å²) in [4.78, 5) is 18.7. The van der Waals surface area contributed by atoms with Crippen molar-refractivity contribution in [1.82, 2.24) is 10.3 Å². The zero-order chi connectivity index (χ0) is 15.1. The molecule has 0 bridgehead atoms. The number of hydrogen-bond donors (Lipinski definition) is 1. The van der Waals surface area contributed by atoms with E-state index in [1.807, 2.05) is 0 Å². The summed E-state index contributed by atoms with van der Waals surface area (Å²) >= 11 is 1.52. The van der Waals surface area contributed by atoms with Crippen LogP contribution in [0.5, 0.6) is 0 Å². The van der Waals surface area contributed by atoms with E-state index in [1.54, 1.807) is 6.07 Å². The lowest BCUT2D eigenvalue weighted by Crippen LogP contribution is -2.48. The first kappa shape index (κ1) is 13.9. The van der Waals surface area contributed by atoms with Crippen molar-refractivity contribution < 1.29 is 9.18 Å². The first-order chi connectivity index (χ1) is 10.7. The van der Waals surface area contributed by atoms with E-state index in [-0.39, 0.29) is 23.7 Å². The molecule has 2 aromatic rings. The second-order valence-corrected chi connectivity index (χ2v) is 7.19. The standard InChI is InChI=1S/C16H18FN3OS/c17-11-5-6-13-14(8-11)22-16(19-13)20-7-1-2-12(9-20)18-15(21)10-3-4-10/h5-6,8,10,12H,1-4,7,9H2,(H,18,21). The number of thiazole rings is 1. The minimum Gasteiger partial charge on any atom is -0.351 e. The van der Waals surface area contributed by atoms with E-state index < -0.39 is 0 Å². The molecule has 4 rings (SSSR count). The van der Waals surface area contributed by atoms with Crippen LogP contribution in [0.4, 0.5) is 9.52 Å². The van der Waals surface area contributed by atoms with Gasteiger partial charge in [-0.25, -0.2) is 9.37 Å². The van der Waals surface area contributed by atoms with Gasteiger partial charge in [-0.2, -0.15) is 0 Å². The summed E-state index contributed by atoms with van der Waals surface area (Å²) < 4.78 is 14.2. The average molecular weight is 319 g/mol. The molecule has 1 unspecified atom stereocenters. The summed E-state index contributed by atoms with van der Waals surface area (Å²) in [6, 6.07) is 4.90. The number of nitrogens with zero attached hydrogens (tertiary/aromatic N) is 2. The van der Waals surface area contributed by atoms with Crippen LogP contribution in [0.2, 0.25) is 0 Å². The fraction of sp³-hybridized carbons (Fsp3) is 0.500. The van der Waals surface area contributed by atoms with Crippen LogP contribution >= 0.6 is 11.3 Å². The van der Waals surface area contributed by atoms with Gasteiger partial charge in [0.25, 0.3) is 0 Å². The van der Waals surface area contributed by atoms with Gasteiger partial charge in [0.1, 0.15) is 5.82 Å². The third kappa shape index (κ3) is 2.79. The van der Waals surface area contributed by atoms with Gasteiger partial charge in [0.05, 0.1) is 10.2 Å². The maximum atomic E-state index is 13.3. The number of rotatable bonds is 3. The van der Waals surface area contributed by atoms with Gasteiger partial charge >= 0.3 is 0 Å². The van der Waals surface area contributed by atoms with E-state index in [1.165, 1.54) is 23.5 Å². The summed E-state index contributed by atoms with van der Waals surface area (Å²) in [5.41, 5.74) is 0.838. The molecule has 1 aromatic heterocycles. The minimum atomic E-state index is -0.226. The molecule has 1 aliphatic carbocycles. The Morgan fingerprint density at radius 1 is 1.36 bits per heavy atom. The highest BCUT2D eigenvalue weighted by Crippen LogP contribution is 2.32.